The van der Waals surface area contributed by atoms with Crippen molar-refractivity contribution in [3.63, 3.8) is 0 Å². The van der Waals surface area contributed by atoms with Crippen molar-refractivity contribution < 1.29 is 0 Å². The van der Waals surface area contributed by atoms with Crippen LogP contribution in [0.3, 0.4) is 0 Å². The topological polar surface area (TPSA) is 12.0 Å². The molecule has 1 N–H and O–H groups in total. The zero-order valence-electron chi connectivity index (χ0n) is 10.8. The summed E-state index contributed by atoms with van der Waals surface area (Å²) in [5, 5.41) is 5.16. The van der Waals surface area contributed by atoms with E-state index < -0.39 is 0 Å². The van der Waals surface area contributed by atoms with E-state index in [1.807, 2.05) is 43.4 Å². The zero-order chi connectivity index (χ0) is 14.7. The molecule has 0 bridgehead atoms. The quantitative estimate of drug-likeness (QED) is 0.681. The summed E-state index contributed by atoms with van der Waals surface area (Å²) >= 11 is 21.7. The highest BCUT2D eigenvalue weighted by Gasteiger charge is 2.13. The normalized spacial score (nSPS) is 12.4. The molecule has 0 aromatic heterocycles. The fourth-order valence-electron chi connectivity index (χ4n) is 2.02. The largest absolute Gasteiger partial charge is 0.313 e. The number of hydrogen-bond acceptors (Lipinski definition) is 1. The van der Waals surface area contributed by atoms with E-state index in [1.54, 1.807) is 0 Å². The van der Waals surface area contributed by atoms with E-state index in [-0.39, 0.29) is 6.04 Å². The van der Waals surface area contributed by atoms with Gasteiger partial charge < -0.3 is 5.32 Å². The molecule has 0 fully saturated rings. The van der Waals surface area contributed by atoms with Crippen LogP contribution in [0.15, 0.2) is 40.9 Å². The van der Waals surface area contributed by atoms with Crippen molar-refractivity contribution in [2.24, 2.45) is 0 Å². The molecule has 0 radical (unpaired) electrons. The minimum absolute atomic E-state index is 0.128. The lowest BCUT2D eigenvalue weighted by Gasteiger charge is -2.18. The highest BCUT2D eigenvalue weighted by atomic mass is 79.9. The van der Waals surface area contributed by atoms with Crippen molar-refractivity contribution in [1.29, 1.82) is 0 Å². The van der Waals surface area contributed by atoms with Crippen LogP contribution in [0.4, 0.5) is 0 Å². The highest BCUT2D eigenvalue weighted by Crippen LogP contribution is 2.29. The number of hydrogen-bond donors (Lipinski definition) is 1. The second-order valence-corrected chi connectivity index (χ2v) is 6.59. The molecule has 1 unspecified atom stereocenters. The Morgan fingerprint density at radius 1 is 1.00 bits per heavy atom. The van der Waals surface area contributed by atoms with Gasteiger partial charge in [-0.05, 0) is 48.9 Å². The van der Waals surface area contributed by atoms with E-state index >= 15 is 0 Å². The van der Waals surface area contributed by atoms with Crippen LogP contribution in [0.25, 0.3) is 0 Å². The summed E-state index contributed by atoms with van der Waals surface area (Å²) in [6, 6.07) is 11.7. The molecule has 1 atom stereocenters. The first-order valence-corrected chi connectivity index (χ1v) is 8.00. The van der Waals surface area contributed by atoms with Gasteiger partial charge in [0.05, 0.1) is 10.0 Å². The Bertz CT molecular complexity index is 616. The molecule has 0 saturated heterocycles. The predicted octanol–water partition coefficient (Wildman–Crippen LogP) is 5.91. The minimum atomic E-state index is 0.128. The Kier molecular flexibility index (Phi) is 5.76. The van der Waals surface area contributed by atoms with Crippen LogP contribution in [0.5, 0.6) is 0 Å². The fraction of sp³-hybridized carbons (Fsp3) is 0.200. The Hall–Kier alpha value is -0.250. The van der Waals surface area contributed by atoms with Gasteiger partial charge in [0.25, 0.3) is 0 Å². The van der Waals surface area contributed by atoms with Crippen molar-refractivity contribution in [3.05, 3.63) is 67.1 Å². The molecule has 0 aliphatic carbocycles. The lowest BCUT2D eigenvalue weighted by molar-refractivity contribution is 0.592. The van der Waals surface area contributed by atoms with Gasteiger partial charge in [0.1, 0.15) is 0 Å². The van der Waals surface area contributed by atoms with Gasteiger partial charge in [-0.1, -0.05) is 62.9 Å². The van der Waals surface area contributed by atoms with E-state index in [1.165, 1.54) is 0 Å². The first kappa shape index (κ1) is 16.1. The van der Waals surface area contributed by atoms with Crippen molar-refractivity contribution in [1.82, 2.24) is 5.32 Å². The van der Waals surface area contributed by atoms with Gasteiger partial charge in [0.2, 0.25) is 0 Å². The smallest absolute Gasteiger partial charge is 0.0595 e. The van der Waals surface area contributed by atoms with Gasteiger partial charge in [-0.25, -0.2) is 0 Å². The lowest BCUT2D eigenvalue weighted by atomic mass is 9.99. The van der Waals surface area contributed by atoms with Crippen LogP contribution >= 0.6 is 50.7 Å². The molecule has 2 aromatic rings. The van der Waals surface area contributed by atoms with Gasteiger partial charge in [-0.2, -0.15) is 0 Å². The SMILES string of the molecule is CNC(Cc1ccc(Br)cc1Cl)c1ccc(Cl)c(Cl)c1. The maximum Gasteiger partial charge on any atom is 0.0595 e. The fourth-order valence-corrected chi connectivity index (χ4v) is 3.08. The third-order valence-corrected chi connectivity index (χ3v) is 4.72. The molecule has 2 aromatic carbocycles. The van der Waals surface area contributed by atoms with Crippen molar-refractivity contribution in [2.75, 3.05) is 7.05 Å². The Morgan fingerprint density at radius 3 is 2.35 bits per heavy atom. The summed E-state index contributed by atoms with van der Waals surface area (Å²) in [4.78, 5) is 0. The molecule has 0 heterocycles. The highest BCUT2D eigenvalue weighted by molar-refractivity contribution is 9.10. The monoisotopic (exact) mass is 391 g/mol. The molecule has 2 rings (SSSR count). The van der Waals surface area contributed by atoms with Crippen molar-refractivity contribution in [2.45, 2.75) is 12.5 Å². The van der Waals surface area contributed by atoms with Crippen LogP contribution in [-0.4, -0.2) is 7.05 Å². The summed E-state index contributed by atoms with van der Waals surface area (Å²) in [5.41, 5.74) is 2.17. The average Bonchev–Trinajstić information content (AvgIpc) is 2.41. The Labute approximate surface area is 142 Å². The van der Waals surface area contributed by atoms with Crippen molar-refractivity contribution >= 4 is 50.7 Å². The molecule has 0 aliphatic rings. The molecule has 5 heteroatoms. The van der Waals surface area contributed by atoms with E-state index in [0.29, 0.717) is 10.0 Å². The van der Waals surface area contributed by atoms with E-state index in [9.17, 15) is 0 Å². The number of halogens is 4. The molecule has 1 nitrogen and oxygen atoms in total. The molecule has 0 saturated carbocycles. The molecule has 0 aliphatic heterocycles. The summed E-state index contributed by atoms with van der Waals surface area (Å²) in [5.74, 6) is 0. The maximum atomic E-state index is 6.27. The van der Waals surface area contributed by atoms with Crippen LogP contribution in [0.2, 0.25) is 15.1 Å². The number of benzene rings is 2. The van der Waals surface area contributed by atoms with Crippen molar-refractivity contribution in [3.8, 4) is 0 Å². The van der Waals surface area contributed by atoms with E-state index in [2.05, 4.69) is 21.2 Å². The summed E-state index contributed by atoms with van der Waals surface area (Å²) in [6.45, 7) is 0. The first-order chi connectivity index (χ1) is 9.51. The number of likely N-dealkylation sites (N-methyl/N-ethyl adjacent to an activating group) is 1. The Morgan fingerprint density at radius 2 is 1.75 bits per heavy atom. The molecule has 106 valence electrons. The maximum absolute atomic E-state index is 6.27. The van der Waals surface area contributed by atoms with Gasteiger partial charge in [-0.3, -0.25) is 0 Å². The summed E-state index contributed by atoms with van der Waals surface area (Å²) < 4.78 is 0.974. The molecular weight excluding hydrogens is 380 g/mol. The molecule has 20 heavy (non-hydrogen) atoms. The Balaban J connectivity index is 2.26. The molecule has 0 amide bonds. The van der Waals surface area contributed by atoms with Gasteiger partial charge >= 0.3 is 0 Å². The van der Waals surface area contributed by atoms with E-state index in [0.717, 1.165) is 27.0 Å². The third-order valence-electron chi connectivity index (χ3n) is 3.13. The second-order valence-electron chi connectivity index (χ2n) is 4.45. The van der Waals surface area contributed by atoms with Crippen LogP contribution in [-0.2, 0) is 6.42 Å². The minimum Gasteiger partial charge on any atom is -0.313 e. The third kappa shape index (κ3) is 3.90. The zero-order valence-corrected chi connectivity index (χ0v) is 14.6. The van der Waals surface area contributed by atoms with E-state index in [4.69, 9.17) is 34.8 Å². The summed E-state index contributed by atoms with van der Waals surface area (Å²) in [7, 11) is 1.92. The first-order valence-electron chi connectivity index (χ1n) is 6.07. The number of nitrogens with one attached hydrogen (secondary N) is 1. The van der Waals surface area contributed by atoms with Crippen LogP contribution in [0.1, 0.15) is 17.2 Å². The average molecular weight is 394 g/mol. The predicted molar refractivity (Wildman–Crippen MR) is 91.1 cm³/mol. The lowest BCUT2D eigenvalue weighted by Crippen LogP contribution is -2.19. The second kappa shape index (κ2) is 7.15. The van der Waals surface area contributed by atoms with Gasteiger partial charge in [0.15, 0.2) is 0 Å². The van der Waals surface area contributed by atoms with Crippen LogP contribution in [0, 0.1) is 0 Å². The standard InChI is InChI=1S/C15H13BrCl3N/c1-20-15(10-3-5-12(17)14(19)6-10)7-9-2-4-11(16)8-13(9)18/h2-6,8,15,20H,7H2,1H3. The van der Waals surface area contributed by atoms with Gasteiger partial charge in [0, 0.05) is 15.5 Å². The number of rotatable bonds is 4. The summed E-state index contributed by atoms with van der Waals surface area (Å²) in [6.07, 6.45) is 0.778. The molecular formula is C15H13BrCl3N. The molecule has 0 spiro atoms. The van der Waals surface area contributed by atoms with Crippen LogP contribution < -0.4 is 5.32 Å². The van der Waals surface area contributed by atoms with Gasteiger partial charge in [-0.15, -0.1) is 0 Å².